The van der Waals surface area contributed by atoms with E-state index in [-0.39, 0.29) is 16.4 Å². The predicted molar refractivity (Wildman–Crippen MR) is 135 cm³/mol. The van der Waals surface area contributed by atoms with Crippen molar-refractivity contribution in [3.05, 3.63) is 67.0 Å². The smallest absolute Gasteiger partial charge is 0.238 e. The number of anilines is 3. The molecule has 2 aromatic carbocycles. The molecule has 0 unspecified atom stereocenters. The van der Waals surface area contributed by atoms with Gasteiger partial charge in [-0.15, -0.1) is 0 Å². The average molecular weight is 511 g/mol. The SMILES string of the molecule is NS(=O)(=O)c1ccc(Nc2ncc3cccc(-c4ccnc(N5CCS(=O)(=O)CC5)c4)c3n2)cc1. The predicted octanol–water partition coefficient (Wildman–Crippen LogP) is 2.32. The van der Waals surface area contributed by atoms with Crippen LogP contribution in [0.1, 0.15) is 0 Å². The molecule has 0 bridgehead atoms. The van der Waals surface area contributed by atoms with Gasteiger partial charge < -0.3 is 10.2 Å². The maximum Gasteiger partial charge on any atom is 0.238 e. The van der Waals surface area contributed by atoms with Gasteiger partial charge in [-0.25, -0.2) is 36.9 Å². The van der Waals surface area contributed by atoms with Crippen LogP contribution in [0.2, 0.25) is 0 Å². The quantitative estimate of drug-likeness (QED) is 0.412. The standard InChI is InChI=1S/C23H22N6O4S2/c24-35(32,33)19-6-4-18(5-7-19)27-23-26-15-17-2-1-3-20(22(17)28-23)16-8-9-25-21(14-16)29-10-12-34(30,31)13-11-29/h1-9,14-15H,10-13H2,(H2,24,32,33)(H,26,27,28). The lowest BCUT2D eigenvalue weighted by molar-refractivity contribution is 0.586. The zero-order chi connectivity index (χ0) is 24.6. The van der Waals surface area contributed by atoms with E-state index in [2.05, 4.69) is 15.3 Å². The number of hydrogen-bond acceptors (Lipinski definition) is 9. The molecule has 4 aromatic rings. The van der Waals surface area contributed by atoms with Gasteiger partial charge in [0.25, 0.3) is 0 Å². The second kappa shape index (κ2) is 8.87. The van der Waals surface area contributed by atoms with Gasteiger partial charge in [-0.2, -0.15) is 0 Å². The first-order chi connectivity index (χ1) is 16.7. The molecule has 10 nitrogen and oxygen atoms in total. The van der Waals surface area contributed by atoms with E-state index in [1.807, 2.05) is 35.2 Å². The van der Waals surface area contributed by atoms with Crippen LogP contribution in [0, 0.1) is 0 Å². The monoisotopic (exact) mass is 510 g/mol. The van der Waals surface area contributed by atoms with Gasteiger partial charge in [0.15, 0.2) is 9.84 Å². The van der Waals surface area contributed by atoms with Crippen LogP contribution in [-0.4, -0.2) is 56.4 Å². The summed E-state index contributed by atoms with van der Waals surface area (Å²) < 4.78 is 46.5. The lowest BCUT2D eigenvalue weighted by atomic mass is 10.0. The molecule has 0 radical (unpaired) electrons. The summed E-state index contributed by atoms with van der Waals surface area (Å²) in [6, 6.07) is 15.6. The van der Waals surface area contributed by atoms with Crippen LogP contribution < -0.4 is 15.4 Å². The molecule has 2 aromatic heterocycles. The van der Waals surface area contributed by atoms with Crippen molar-refractivity contribution < 1.29 is 16.8 Å². The number of primary sulfonamides is 1. The summed E-state index contributed by atoms with van der Waals surface area (Å²) in [5.41, 5.74) is 3.12. The molecule has 1 aliphatic rings. The molecule has 3 heterocycles. The lowest BCUT2D eigenvalue weighted by Crippen LogP contribution is -2.40. The summed E-state index contributed by atoms with van der Waals surface area (Å²) in [6.07, 6.45) is 3.42. The molecule has 0 aliphatic carbocycles. The van der Waals surface area contributed by atoms with Crippen LogP contribution in [0.3, 0.4) is 0 Å². The molecule has 0 atom stereocenters. The van der Waals surface area contributed by atoms with E-state index in [4.69, 9.17) is 10.1 Å². The number of benzene rings is 2. The van der Waals surface area contributed by atoms with E-state index in [0.29, 0.717) is 24.7 Å². The maximum absolute atomic E-state index is 11.8. The van der Waals surface area contributed by atoms with Crippen LogP contribution in [0.15, 0.2) is 71.9 Å². The van der Waals surface area contributed by atoms with Crippen molar-refractivity contribution in [2.45, 2.75) is 4.90 Å². The fourth-order valence-electron chi connectivity index (χ4n) is 3.91. The lowest BCUT2D eigenvalue weighted by Gasteiger charge is -2.28. The summed E-state index contributed by atoms with van der Waals surface area (Å²) in [7, 11) is -6.76. The number of fused-ring (bicyclic) bond motifs is 1. The zero-order valence-electron chi connectivity index (χ0n) is 18.5. The molecule has 3 N–H and O–H groups in total. The van der Waals surface area contributed by atoms with Crippen LogP contribution in [0.25, 0.3) is 22.0 Å². The van der Waals surface area contributed by atoms with E-state index in [0.717, 1.165) is 27.8 Å². The van der Waals surface area contributed by atoms with Crippen LogP contribution in [0.5, 0.6) is 0 Å². The van der Waals surface area contributed by atoms with Crippen molar-refractivity contribution in [1.82, 2.24) is 15.0 Å². The van der Waals surface area contributed by atoms with Crippen molar-refractivity contribution >= 4 is 48.2 Å². The first-order valence-electron chi connectivity index (χ1n) is 10.8. The second-order valence-corrected chi connectivity index (χ2v) is 12.0. The van der Waals surface area contributed by atoms with Gasteiger partial charge in [-0.05, 0) is 42.0 Å². The fourth-order valence-corrected chi connectivity index (χ4v) is 5.62. The number of pyridine rings is 1. The van der Waals surface area contributed by atoms with Crippen molar-refractivity contribution in [2.24, 2.45) is 5.14 Å². The van der Waals surface area contributed by atoms with Crippen molar-refractivity contribution in [2.75, 3.05) is 34.8 Å². The number of aromatic nitrogens is 3. The van der Waals surface area contributed by atoms with Gasteiger partial charge in [-0.1, -0.05) is 18.2 Å². The molecule has 0 spiro atoms. The van der Waals surface area contributed by atoms with Gasteiger partial charge in [0, 0.05) is 42.1 Å². The van der Waals surface area contributed by atoms with Crippen molar-refractivity contribution in [1.29, 1.82) is 0 Å². The summed E-state index contributed by atoms with van der Waals surface area (Å²) in [6.45, 7) is 0.823. The Morgan fingerprint density at radius 1 is 0.971 bits per heavy atom. The Bertz CT molecular complexity index is 1610. The Morgan fingerprint density at radius 2 is 1.71 bits per heavy atom. The summed E-state index contributed by atoms with van der Waals surface area (Å²) in [5.74, 6) is 1.31. The highest BCUT2D eigenvalue weighted by Gasteiger charge is 2.22. The molecule has 180 valence electrons. The van der Waals surface area contributed by atoms with Gasteiger partial charge in [0.1, 0.15) is 5.82 Å². The van der Waals surface area contributed by atoms with Crippen LogP contribution >= 0.6 is 0 Å². The summed E-state index contributed by atoms with van der Waals surface area (Å²) >= 11 is 0. The Labute approximate surface area is 202 Å². The first kappa shape index (κ1) is 23.1. The second-order valence-electron chi connectivity index (χ2n) is 8.17. The van der Waals surface area contributed by atoms with Gasteiger partial charge >= 0.3 is 0 Å². The van der Waals surface area contributed by atoms with E-state index in [9.17, 15) is 16.8 Å². The first-order valence-corrected chi connectivity index (χ1v) is 14.1. The third-order valence-corrected chi connectivity index (χ3v) is 8.31. The minimum absolute atomic E-state index is 0.0181. The zero-order valence-corrected chi connectivity index (χ0v) is 20.1. The van der Waals surface area contributed by atoms with Gasteiger partial charge in [0.05, 0.1) is 21.9 Å². The maximum atomic E-state index is 11.8. The topological polar surface area (TPSA) is 148 Å². The molecule has 1 fully saturated rings. The minimum atomic E-state index is -3.77. The molecular weight excluding hydrogens is 488 g/mol. The number of para-hydroxylation sites is 1. The van der Waals surface area contributed by atoms with E-state index in [1.165, 1.54) is 12.1 Å². The van der Waals surface area contributed by atoms with Crippen molar-refractivity contribution in [3.8, 4) is 11.1 Å². The Hall–Kier alpha value is -3.61. The minimum Gasteiger partial charge on any atom is -0.355 e. The summed E-state index contributed by atoms with van der Waals surface area (Å²) in [5, 5.41) is 9.09. The molecule has 1 aliphatic heterocycles. The number of hydrogen-bond donors (Lipinski definition) is 2. The number of nitrogens with two attached hydrogens (primary N) is 1. The average Bonchev–Trinajstić information content (AvgIpc) is 2.83. The molecular formula is C23H22N6O4S2. The highest BCUT2D eigenvalue weighted by molar-refractivity contribution is 7.91. The fraction of sp³-hybridized carbons (Fsp3) is 0.174. The third kappa shape index (κ3) is 5.09. The number of nitrogens with zero attached hydrogens (tertiary/aromatic N) is 4. The third-order valence-electron chi connectivity index (χ3n) is 5.77. The number of sulfone groups is 1. The van der Waals surface area contributed by atoms with Crippen LogP contribution in [-0.2, 0) is 19.9 Å². The van der Waals surface area contributed by atoms with Crippen molar-refractivity contribution in [3.63, 3.8) is 0 Å². The molecule has 1 saturated heterocycles. The Morgan fingerprint density at radius 3 is 2.43 bits per heavy atom. The Balaban J connectivity index is 1.46. The highest BCUT2D eigenvalue weighted by Crippen LogP contribution is 2.30. The molecule has 5 rings (SSSR count). The Kier molecular flexibility index (Phi) is 5.87. The van der Waals surface area contributed by atoms with Gasteiger partial charge in [-0.3, -0.25) is 0 Å². The van der Waals surface area contributed by atoms with E-state index in [1.54, 1.807) is 24.5 Å². The number of rotatable bonds is 5. The highest BCUT2D eigenvalue weighted by atomic mass is 32.2. The van der Waals surface area contributed by atoms with Crippen LogP contribution in [0.4, 0.5) is 17.5 Å². The normalized spacial score (nSPS) is 15.7. The molecule has 0 amide bonds. The van der Waals surface area contributed by atoms with Gasteiger partial charge in [0.2, 0.25) is 16.0 Å². The largest absolute Gasteiger partial charge is 0.355 e. The van der Waals surface area contributed by atoms with E-state index >= 15 is 0 Å². The number of nitrogens with one attached hydrogen (secondary N) is 1. The summed E-state index contributed by atoms with van der Waals surface area (Å²) in [4.78, 5) is 15.5. The number of sulfonamides is 1. The molecule has 0 saturated carbocycles. The molecule has 35 heavy (non-hydrogen) atoms. The molecule has 12 heteroatoms. The van der Waals surface area contributed by atoms with E-state index < -0.39 is 19.9 Å².